The van der Waals surface area contributed by atoms with Crippen LogP contribution in [0.4, 0.5) is 10.1 Å². The number of aromatic nitrogens is 2. The van der Waals surface area contributed by atoms with Crippen LogP contribution < -0.4 is 5.32 Å². The van der Waals surface area contributed by atoms with Gasteiger partial charge in [0.2, 0.25) is 0 Å². The Balaban J connectivity index is 1.64. The second-order valence-electron chi connectivity index (χ2n) is 5.75. The first-order valence-electron chi connectivity index (χ1n) is 7.91. The molecule has 0 aliphatic rings. The molecule has 4 aromatic rings. The summed E-state index contributed by atoms with van der Waals surface area (Å²) in [7, 11) is 0. The number of anilines is 1. The molecule has 1 N–H and O–H groups in total. The molecular weight excluding hydrogens is 397 g/mol. The highest BCUT2D eigenvalue weighted by Crippen LogP contribution is 2.24. The van der Waals surface area contributed by atoms with Gasteiger partial charge in [-0.2, -0.15) is 0 Å². The van der Waals surface area contributed by atoms with Gasteiger partial charge in [-0.25, -0.2) is 9.37 Å². The van der Waals surface area contributed by atoms with E-state index in [1.807, 2.05) is 47.1 Å². The van der Waals surface area contributed by atoms with Crippen molar-refractivity contribution in [2.45, 2.75) is 0 Å². The van der Waals surface area contributed by atoms with Crippen LogP contribution in [0.25, 0.3) is 16.9 Å². The van der Waals surface area contributed by atoms with Crippen molar-refractivity contribution >= 4 is 33.2 Å². The van der Waals surface area contributed by atoms with Gasteiger partial charge >= 0.3 is 0 Å². The van der Waals surface area contributed by atoms with E-state index < -0.39 is 11.7 Å². The summed E-state index contributed by atoms with van der Waals surface area (Å²) in [6.45, 7) is 0. The average Bonchev–Trinajstić information content (AvgIpc) is 3.05. The van der Waals surface area contributed by atoms with E-state index in [4.69, 9.17) is 0 Å². The largest absolute Gasteiger partial charge is 0.322 e. The van der Waals surface area contributed by atoms with Gasteiger partial charge in [0.05, 0.1) is 11.3 Å². The van der Waals surface area contributed by atoms with Crippen molar-refractivity contribution in [2.75, 3.05) is 5.32 Å². The lowest BCUT2D eigenvalue weighted by Gasteiger charge is -2.07. The van der Waals surface area contributed by atoms with E-state index in [9.17, 15) is 9.18 Å². The molecular formula is C20H13BrFN3O. The Kier molecular flexibility index (Phi) is 4.26. The van der Waals surface area contributed by atoms with Crippen LogP contribution in [0, 0.1) is 5.82 Å². The van der Waals surface area contributed by atoms with E-state index in [0.717, 1.165) is 21.4 Å². The second-order valence-corrected chi connectivity index (χ2v) is 6.67. The fourth-order valence-corrected chi connectivity index (χ4v) is 3.06. The maximum atomic E-state index is 13.8. The van der Waals surface area contributed by atoms with Crippen LogP contribution in [-0.4, -0.2) is 15.3 Å². The lowest BCUT2D eigenvalue weighted by Crippen LogP contribution is -2.13. The van der Waals surface area contributed by atoms with E-state index >= 15 is 0 Å². The first-order valence-corrected chi connectivity index (χ1v) is 8.70. The summed E-state index contributed by atoms with van der Waals surface area (Å²) in [5, 5.41) is 2.73. The highest BCUT2D eigenvalue weighted by atomic mass is 79.9. The Hall–Kier alpha value is -2.99. The van der Waals surface area contributed by atoms with Crippen LogP contribution in [0.1, 0.15) is 10.4 Å². The summed E-state index contributed by atoms with van der Waals surface area (Å²) in [4.78, 5) is 16.9. The molecule has 0 fully saturated rings. The molecule has 4 rings (SSSR count). The molecule has 0 saturated carbocycles. The van der Waals surface area contributed by atoms with Crippen molar-refractivity contribution < 1.29 is 9.18 Å². The predicted octanol–water partition coefficient (Wildman–Crippen LogP) is 5.16. The molecule has 2 aromatic heterocycles. The number of hydrogen-bond acceptors (Lipinski definition) is 2. The number of carbonyl (C=O) groups excluding carboxylic acids is 1. The van der Waals surface area contributed by atoms with Gasteiger partial charge in [-0.05, 0) is 52.3 Å². The topological polar surface area (TPSA) is 46.4 Å². The normalized spacial score (nSPS) is 10.8. The van der Waals surface area contributed by atoms with Gasteiger partial charge in [-0.1, -0.05) is 24.3 Å². The monoisotopic (exact) mass is 409 g/mol. The van der Waals surface area contributed by atoms with Gasteiger partial charge in [-0.15, -0.1) is 0 Å². The Bertz CT molecular complexity index is 1120. The van der Waals surface area contributed by atoms with Crippen molar-refractivity contribution in [3.63, 3.8) is 0 Å². The number of nitrogens with zero attached hydrogens (tertiary/aromatic N) is 2. The molecule has 0 bridgehead atoms. The Morgan fingerprint density at radius 2 is 1.88 bits per heavy atom. The number of amides is 1. The summed E-state index contributed by atoms with van der Waals surface area (Å²) >= 11 is 3.44. The number of fused-ring (bicyclic) bond motifs is 1. The lowest BCUT2D eigenvalue weighted by atomic mass is 10.1. The summed E-state index contributed by atoms with van der Waals surface area (Å²) in [6.07, 6.45) is 3.84. The van der Waals surface area contributed by atoms with Gasteiger partial charge < -0.3 is 9.72 Å². The standard InChI is InChI=1S/C20H13BrFN3O/c21-14-8-9-19-24-18(12-25(19)11-14)13-4-3-5-15(10-13)23-20(26)16-6-1-2-7-17(16)22/h1-12H,(H,23,26). The van der Waals surface area contributed by atoms with E-state index in [-0.39, 0.29) is 5.56 Å². The zero-order valence-electron chi connectivity index (χ0n) is 13.5. The highest BCUT2D eigenvalue weighted by Gasteiger charge is 2.12. The third-order valence-electron chi connectivity index (χ3n) is 3.95. The number of nitrogens with one attached hydrogen (secondary N) is 1. The van der Waals surface area contributed by atoms with E-state index in [1.54, 1.807) is 18.2 Å². The first-order chi connectivity index (χ1) is 12.6. The third kappa shape index (κ3) is 3.23. The molecule has 2 heterocycles. The highest BCUT2D eigenvalue weighted by molar-refractivity contribution is 9.10. The molecule has 6 heteroatoms. The van der Waals surface area contributed by atoms with Crippen molar-refractivity contribution in [3.8, 4) is 11.3 Å². The molecule has 0 unspecified atom stereocenters. The number of imidazole rings is 1. The number of carbonyl (C=O) groups is 1. The number of pyridine rings is 1. The molecule has 0 aliphatic heterocycles. The molecule has 0 spiro atoms. The second kappa shape index (κ2) is 6.72. The predicted molar refractivity (Wildman–Crippen MR) is 103 cm³/mol. The maximum absolute atomic E-state index is 13.8. The molecule has 0 saturated heterocycles. The van der Waals surface area contributed by atoms with E-state index in [1.165, 1.54) is 12.1 Å². The van der Waals surface area contributed by atoms with Crippen molar-refractivity contribution in [2.24, 2.45) is 0 Å². The van der Waals surface area contributed by atoms with Gasteiger partial charge in [0.25, 0.3) is 5.91 Å². The smallest absolute Gasteiger partial charge is 0.258 e. The van der Waals surface area contributed by atoms with Crippen LogP contribution in [0.5, 0.6) is 0 Å². The molecule has 26 heavy (non-hydrogen) atoms. The molecule has 2 aromatic carbocycles. The van der Waals surface area contributed by atoms with Crippen molar-refractivity contribution in [3.05, 3.63) is 88.9 Å². The van der Waals surface area contributed by atoms with Gasteiger partial charge in [0.1, 0.15) is 11.5 Å². The van der Waals surface area contributed by atoms with Crippen LogP contribution >= 0.6 is 15.9 Å². The van der Waals surface area contributed by atoms with Crippen LogP contribution in [0.2, 0.25) is 0 Å². The molecule has 128 valence electrons. The minimum Gasteiger partial charge on any atom is -0.322 e. The number of hydrogen-bond donors (Lipinski definition) is 1. The Morgan fingerprint density at radius 1 is 1.04 bits per heavy atom. The first kappa shape index (κ1) is 16.5. The number of halogens is 2. The molecule has 0 atom stereocenters. The van der Waals surface area contributed by atoms with Gasteiger partial charge in [0, 0.05) is 28.1 Å². The van der Waals surface area contributed by atoms with Crippen LogP contribution in [0.15, 0.2) is 77.5 Å². The summed E-state index contributed by atoms with van der Waals surface area (Å²) in [6, 6.07) is 17.0. The minimum atomic E-state index is -0.549. The number of benzene rings is 2. The maximum Gasteiger partial charge on any atom is 0.258 e. The average molecular weight is 410 g/mol. The molecule has 4 nitrogen and oxygen atoms in total. The van der Waals surface area contributed by atoms with Crippen molar-refractivity contribution in [1.82, 2.24) is 9.38 Å². The molecule has 1 amide bonds. The van der Waals surface area contributed by atoms with Gasteiger partial charge in [-0.3, -0.25) is 4.79 Å². The Morgan fingerprint density at radius 3 is 2.73 bits per heavy atom. The fraction of sp³-hybridized carbons (Fsp3) is 0. The lowest BCUT2D eigenvalue weighted by molar-refractivity contribution is 0.102. The third-order valence-corrected chi connectivity index (χ3v) is 4.42. The zero-order valence-corrected chi connectivity index (χ0v) is 15.1. The summed E-state index contributed by atoms with van der Waals surface area (Å²) in [5.41, 5.74) is 3.05. The summed E-state index contributed by atoms with van der Waals surface area (Å²) in [5.74, 6) is -1.04. The fourth-order valence-electron chi connectivity index (χ4n) is 2.70. The summed E-state index contributed by atoms with van der Waals surface area (Å²) < 4.78 is 16.6. The Labute approximate surface area is 157 Å². The van der Waals surface area contributed by atoms with Crippen molar-refractivity contribution in [1.29, 1.82) is 0 Å². The quantitative estimate of drug-likeness (QED) is 0.508. The SMILES string of the molecule is O=C(Nc1cccc(-c2cn3cc(Br)ccc3n2)c1)c1ccccc1F. The van der Waals surface area contributed by atoms with Gasteiger partial charge in [0.15, 0.2) is 0 Å². The molecule has 0 aliphatic carbocycles. The minimum absolute atomic E-state index is 0.00971. The number of rotatable bonds is 3. The van der Waals surface area contributed by atoms with Crippen LogP contribution in [0.3, 0.4) is 0 Å². The van der Waals surface area contributed by atoms with E-state index in [0.29, 0.717) is 5.69 Å². The van der Waals surface area contributed by atoms with Crippen LogP contribution in [-0.2, 0) is 0 Å². The zero-order chi connectivity index (χ0) is 18.1. The van der Waals surface area contributed by atoms with E-state index in [2.05, 4.69) is 26.2 Å². The molecule has 0 radical (unpaired) electrons.